The maximum atomic E-state index is 14.1. The van der Waals surface area contributed by atoms with Gasteiger partial charge in [-0.3, -0.25) is 14.2 Å². The van der Waals surface area contributed by atoms with Crippen LogP contribution in [0.5, 0.6) is 17.2 Å². The highest BCUT2D eigenvalue weighted by Crippen LogP contribution is 2.44. The van der Waals surface area contributed by atoms with Crippen molar-refractivity contribution in [2.24, 2.45) is 0 Å². The molecule has 0 fully saturated rings. The number of rotatable bonds is 26. The lowest BCUT2D eigenvalue weighted by Crippen LogP contribution is -2.36. The van der Waals surface area contributed by atoms with E-state index in [2.05, 4.69) is 31.9 Å². The van der Waals surface area contributed by atoms with E-state index in [1.807, 2.05) is 44.2 Å². The van der Waals surface area contributed by atoms with Gasteiger partial charge in [-0.15, -0.1) is 0 Å². The lowest BCUT2D eigenvalue weighted by atomic mass is 9.93. The van der Waals surface area contributed by atoms with E-state index in [9.17, 15) is 14.2 Å². The van der Waals surface area contributed by atoms with E-state index in [0.717, 1.165) is 40.7 Å². The monoisotopic (exact) mass is 777 g/mol. The molecule has 3 aromatic carbocycles. The minimum atomic E-state index is -3.71. The number of carbonyl (C=O) groups excluding carboxylic acids is 2. The molecule has 0 aromatic heterocycles. The molecule has 0 saturated heterocycles. The van der Waals surface area contributed by atoms with Gasteiger partial charge in [-0.2, -0.15) is 0 Å². The minimum absolute atomic E-state index is 0.164. The van der Waals surface area contributed by atoms with E-state index in [1.54, 1.807) is 45.0 Å². The van der Waals surface area contributed by atoms with Gasteiger partial charge < -0.3 is 18.7 Å². The van der Waals surface area contributed by atoms with Crippen molar-refractivity contribution in [3.63, 3.8) is 0 Å². The van der Waals surface area contributed by atoms with Gasteiger partial charge in [0, 0.05) is 6.42 Å². The largest absolute Gasteiger partial charge is 0.481 e. The van der Waals surface area contributed by atoms with Crippen molar-refractivity contribution < 1.29 is 32.9 Å². The number of benzene rings is 3. The summed E-state index contributed by atoms with van der Waals surface area (Å²) < 4.78 is 37.3. The van der Waals surface area contributed by atoms with E-state index < -0.39 is 19.5 Å². The molecule has 0 bridgehead atoms. The maximum Gasteiger partial charge on any atom is 0.354 e. The molecule has 0 amide bonds. The van der Waals surface area contributed by atoms with Crippen LogP contribution in [-0.4, -0.2) is 30.4 Å². The van der Waals surface area contributed by atoms with Crippen molar-refractivity contribution >= 4 is 19.5 Å². The van der Waals surface area contributed by atoms with Gasteiger partial charge in [0.1, 0.15) is 23.3 Å². The summed E-state index contributed by atoms with van der Waals surface area (Å²) in [6, 6.07) is 17.9. The second-order valence-electron chi connectivity index (χ2n) is 15.5. The molecule has 55 heavy (non-hydrogen) atoms. The smallest absolute Gasteiger partial charge is 0.354 e. The van der Waals surface area contributed by atoms with Crippen molar-refractivity contribution in [1.29, 1.82) is 0 Å². The normalized spacial score (nSPS) is 13.1. The predicted molar refractivity (Wildman–Crippen MR) is 225 cm³/mol. The molecule has 3 rings (SSSR count). The average molecular weight is 778 g/mol. The Bertz CT molecular complexity index is 1630. The number of para-hydroxylation sites is 1. The Morgan fingerprint density at radius 1 is 0.727 bits per heavy atom. The summed E-state index contributed by atoms with van der Waals surface area (Å²) in [6.45, 7) is 15.7. The first-order valence-electron chi connectivity index (χ1n) is 20.7. The zero-order chi connectivity index (χ0) is 40.2. The Morgan fingerprint density at radius 3 is 1.87 bits per heavy atom. The molecule has 0 heterocycles. The minimum Gasteiger partial charge on any atom is -0.481 e. The van der Waals surface area contributed by atoms with Gasteiger partial charge in [-0.05, 0) is 112 Å². The van der Waals surface area contributed by atoms with Crippen molar-refractivity contribution in [3.05, 3.63) is 88.5 Å². The second-order valence-corrected chi connectivity index (χ2v) is 17.6. The summed E-state index contributed by atoms with van der Waals surface area (Å²) in [7, 11) is -3.71. The number of hydrogen-bond donors (Lipinski definition) is 1. The molecule has 0 aliphatic rings. The number of unbranched alkanes of at least 4 members (excludes halogenated alkanes) is 11. The summed E-state index contributed by atoms with van der Waals surface area (Å²) >= 11 is 0. The number of nitrogens with one attached hydrogen (secondary N) is 1. The Balaban J connectivity index is 1.57. The third-order valence-electron chi connectivity index (χ3n) is 9.70. The van der Waals surface area contributed by atoms with E-state index in [-0.39, 0.29) is 24.3 Å². The fourth-order valence-electron chi connectivity index (χ4n) is 6.64. The van der Waals surface area contributed by atoms with E-state index >= 15 is 0 Å². The number of esters is 2. The van der Waals surface area contributed by atoms with Crippen molar-refractivity contribution in [2.75, 3.05) is 6.35 Å². The maximum absolute atomic E-state index is 14.1. The highest BCUT2D eigenvalue weighted by atomic mass is 31.2. The molecule has 0 aliphatic heterocycles. The summed E-state index contributed by atoms with van der Waals surface area (Å²) in [4.78, 5) is 25.4. The van der Waals surface area contributed by atoms with Gasteiger partial charge in [-0.1, -0.05) is 122 Å². The van der Waals surface area contributed by atoms with Crippen LogP contribution in [0.25, 0.3) is 0 Å². The molecule has 0 aliphatic carbocycles. The Hall–Kier alpha value is -3.61. The fraction of sp³-hybridized carbons (Fsp3) is 0.565. The first-order chi connectivity index (χ1) is 26.3. The molecular weight excluding hydrogens is 709 g/mol. The van der Waals surface area contributed by atoms with E-state index in [4.69, 9.17) is 18.7 Å². The molecule has 3 aromatic rings. The van der Waals surface area contributed by atoms with Crippen LogP contribution in [0.3, 0.4) is 0 Å². The van der Waals surface area contributed by atoms with Gasteiger partial charge in [0.2, 0.25) is 0 Å². The lowest BCUT2D eigenvalue weighted by molar-refractivity contribution is -0.149. The number of aryl methyl sites for hydroxylation is 2. The number of ether oxygens (including phenoxy) is 3. The SMILES string of the molecule is CCCCCCCCCCCCCCC(=O)Oc1ccc(Cc2c(C)cc(OCP(=O)(N[C@@H](C)C(=O)OC(C)C)Oc3ccccc3)cc2C)cc1C(C)C. The van der Waals surface area contributed by atoms with Crippen molar-refractivity contribution in [1.82, 2.24) is 5.09 Å². The highest BCUT2D eigenvalue weighted by molar-refractivity contribution is 7.57. The summed E-state index contributed by atoms with van der Waals surface area (Å²) in [6.07, 6.45) is 15.6. The number of hydrogen-bond acceptors (Lipinski definition) is 7. The molecule has 1 N–H and O–H groups in total. The van der Waals surface area contributed by atoms with E-state index in [1.165, 1.54) is 64.2 Å². The van der Waals surface area contributed by atoms with Crippen LogP contribution in [0, 0.1) is 13.8 Å². The Labute approximate surface area is 332 Å². The second kappa shape index (κ2) is 24.1. The first kappa shape index (κ1) is 45.8. The van der Waals surface area contributed by atoms with Crippen LogP contribution < -0.4 is 19.1 Å². The van der Waals surface area contributed by atoms with Crippen molar-refractivity contribution in [3.8, 4) is 17.2 Å². The zero-order valence-corrected chi connectivity index (χ0v) is 35.8. The molecular formula is C46H68NO7P. The molecule has 304 valence electrons. The average Bonchev–Trinajstić information content (AvgIpc) is 3.13. The van der Waals surface area contributed by atoms with Gasteiger partial charge in [0.05, 0.1) is 6.10 Å². The molecule has 9 heteroatoms. The molecule has 2 atom stereocenters. The molecule has 0 saturated carbocycles. The first-order valence-corrected chi connectivity index (χ1v) is 22.5. The van der Waals surface area contributed by atoms with Crippen LogP contribution in [0.1, 0.15) is 159 Å². The van der Waals surface area contributed by atoms with Gasteiger partial charge in [0.25, 0.3) is 0 Å². The number of carbonyl (C=O) groups is 2. The molecule has 0 spiro atoms. The fourth-order valence-corrected chi connectivity index (χ4v) is 8.30. The summed E-state index contributed by atoms with van der Waals surface area (Å²) in [5.74, 6) is 1.09. The Kier molecular flexibility index (Phi) is 20.1. The molecule has 1 unspecified atom stereocenters. The van der Waals surface area contributed by atoms with Crippen molar-refractivity contribution in [2.45, 2.75) is 163 Å². The third kappa shape index (κ3) is 17.0. The summed E-state index contributed by atoms with van der Waals surface area (Å²) in [5, 5.41) is 2.85. The third-order valence-corrected chi connectivity index (χ3v) is 11.5. The summed E-state index contributed by atoms with van der Waals surface area (Å²) in [5.41, 5.74) is 5.35. The molecule has 8 nitrogen and oxygen atoms in total. The van der Waals surface area contributed by atoms with Gasteiger partial charge >= 0.3 is 19.5 Å². The van der Waals surface area contributed by atoms with Gasteiger partial charge in [-0.25, -0.2) is 5.09 Å². The topological polar surface area (TPSA) is 100 Å². The predicted octanol–water partition coefficient (Wildman–Crippen LogP) is 12.6. The lowest BCUT2D eigenvalue weighted by Gasteiger charge is -2.24. The van der Waals surface area contributed by atoms with Crippen LogP contribution >= 0.6 is 7.52 Å². The van der Waals surface area contributed by atoms with E-state index in [0.29, 0.717) is 30.1 Å². The molecule has 0 radical (unpaired) electrons. The van der Waals surface area contributed by atoms with Crippen LogP contribution in [0.4, 0.5) is 0 Å². The standard InChI is InChI=1S/C46H68NO7P/c1-9-10-11-12-13-14-15-16-17-18-19-23-26-45(48)53-44-28-27-39(31-42(44)34(2)3)32-43-36(6)29-41(30-37(43)7)51-33-55(50,54-40-24-21-20-22-25-40)47-38(8)46(49)52-35(4)5/h20-22,24-25,27-31,34-35,38H,9-19,23,26,32-33H2,1-8H3,(H,47,50)/t38-,55?/m0/s1. The zero-order valence-electron chi connectivity index (χ0n) is 34.9. The van der Waals surface area contributed by atoms with Crippen LogP contribution in [0.2, 0.25) is 0 Å². The Morgan fingerprint density at radius 2 is 1.31 bits per heavy atom. The van der Waals surface area contributed by atoms with Crippen LogP contribution in [0.15, 0.2) is 60.7 Å². The van der Waals surface area contributed by atoms with Crippen LogP contribution in [-0.2, 0) is 25.3 Å². The quantitative estimate of drug-likeness (QED) is 0.0372. The van der Waals surface area contributed by atoms with Gasteiger partial charge in [0.15, 0.2) is 6.35 Å². The highest BCUT2D eigenvalue weighted by Gasteiger charge is 2.32.